The molecule has 3 aliphatic rings. The first-order chi connectivity index (χ1) is 7.49. The van der Waals surface area contributed by atoms with Crippen molar-refractivity contribution in [2.45, 2.75) is 45.5 Å². The maximum atomic E-state index is 6.10. The van der Waals surface area contributed by atoms with Crippen LogP contribution in [0.1, 0.15) is 33.6 Å². The molecular weight excluding hydrogens is 224 g/mol. The fourth-order valence-electron chi connectivity index (χ4n) is 4.07. The van der Waals surface area contributed by atoms with Crippen molar-refractivity contribution in [3.05, 3.63) is 0 Å². The van der Waals surface area contributed by atoms with Crippen molar-refractivity contribution in [1.29, 1.82) is 0 Å². The van der Waals surface area contributed by atoms with E-state index in [1.165, 1.54) is 6.42 Å². The number of halogens is 1. The molecule has 0 aromatic carbocycles. The van der Waals surface area contributed by atoms with Crippen LogP contribution in [0.2, 0.25) is 0 Å². The largest absolute Gasteiger partial charge is 0.347 e. The molecule has 1 spiro atoms. The maximum Gasteiger partial charge on any atom is 0.172 e. The molecular formula is C13H21ClO2. The fraction of sp³-hybridized carbons (Fsp3) is 1.00. The summed E-state index contributed by atoms with van der Waals surface area (Å²) >= 11 is 5.86. The van der Waals surface area contributed by atoms with E-state index >= 15 is 0 Å². The van der Waals surface area contributed by atoms with E-state index in [0.29, 0.717) is 29.7 Å². The minimum Gasteiger partial charge on any atom is -0.347 e. The van der Waals surface area contributed by atoms with Gasteiger partial charge in [-0.1, -0.05) is 20.8 Å². The minimum atomic E-state index is -0.279. The van der Waals surface area contributed by atoms with E-state index in [0.717, 1.165) is 12.3 Å². The molecule has 0 amide bonds. The molecule has 16 heavy (non-hydrogen) atoms. The van der Waals surface area contributed by atoms with Crippen LogP contribution >= 0.6 is 11.6 Å². The molecule has 1 aliphatic heterocycles. The molecule has 1 heterocycles. The minimum absolute atomic E-state index is 0.108. The molecule has 2 saturated carbocycles. The van der Waals surface area contributed by atoms with Gasteiger partial charge in [0, 0.05) is 12.3 Å². The molecule has 0 N–H and O–H groups in total. The molecule has 2 bridgehead atoms. The SMILES string of the molecule is C[C@@H]1[C@H]2C[C@@H](C[C@@]23OC[C@H](CCl)O3)C1(C)C. The number of hydrogen-bond donors (Lipinski definition) is 0. The third kappa shape index (κ3) is 1.27. The zero-order valence-electron chi connectivity index (χ0n) is 10.3. The summed E-state index contributed by atoms with van der Waals surface area (Å²) in [6.45, 7) is 7.82. The number of ether oxygens (including phenoxy) is 2. The molecule has 3 rings (SSSR count). The van der Waals surface area contributed by atoms with Crippen molar-refractivity contribution < 1.29 is 9.47 Å². The van der Waals surface area contributed by atoms with Gasteiger partial charge in [-0.3, -0.25) is 0 Å². The Morgan fingerprint density at radius 3 is 2.62 bits per heavy atom. The molecule has 3 fully saturated rings. The molecule has 1 saturated heterocycles. The number of alkyl halides is 1. The molecule has 2 aliphatic carbocycles. The quantitative estimate of drug-likeness (QED) is 0.660. The van der Waals surface area contributed by atoms with Crippen LogP contribution in [-0.4, -0.2) is 24.4 Å². The first-order valence-electron chi connectivity index (χ1n) is 6.37. The van der Waals surface area contributed by atoms with Crippen molar-refractivity contribution in [2.24, 2.45) is 23.2 Å². The first-order valence-corrected chi connectivity index (χ1v) is 6.91. The predicted molar refractivity (Wildman–Crippen MR) is 63.4 cm³/mol. The van der Waals surface area contributed by atoms with E-state index in [9.17, 15) is 0 Å². The van der Waals surface area contributed by atoms with Crippen LogP contribution in [0, 0.1) is 23.2 Å². The first kappa shape index (κ1) is 11.3. The van der Waals surface area contributed by atoms with Gasteiger partial charge in [0.15, 0.2) is 5.79 Å². The van der Waals surface area contributed by atoms with E-state index in [1.807, 2.05) is 0 Å². The van der Waals surface area contributed by atoms with Crippen LogP contribution < -0.4 is 0 Å². The van der Waals surface area contributed by atoms with E-state index in [-0.39, 0.29) is 11.9 Å². The van der Waals surface area contributed by atoms with Crippen molar-refractivity contribution in [3.8, 4) is 0 Å². The van der Waals surface area contributed by atoms with Gasteiger partial charge in [-0.15, -0.1) is 11.6 Å². The highest BCUT2D eigenvalue weighted by Gasteiger charge is 2.65. The standard InChI is InChI=1S/C13H21ClO2/c1-8-11-4-9(12(8,2)3)5-13(11)15-7-10(6-14)16-13/h8-11H,4-7H2,1-3H3/t8-,9+,10+,11-,13+/m1/s1. The average Bonchev–Trinajstić information content (AvgIpc) is 2.87. The summed E-state index contributed by atoms with van der Waals surface area (Å²) in [4.78, 5) is 0. The summed E-state index contributed by atoms with van der Waals surface area (Å²) in [6.07, 6.45) is 2.45. The summed E-state index contributed by atoms with van der Waals surface area (Å²) in [5.41, 5.74) is 0.446. The van der Waals surface area contributed by atoms with Crippen LogP contribution in [-0.2, 0) is 9.47 Å². The Bertz CT molecular complexity index is 300. The second-order valence-electron chi connectivity index (χ2n) is 6.37. The summed E-state index contributed by atoms with van der Waals surface area (Å²) in [5, 5.41) is 0. The summed E-state index contributed by atoms with van der Waals surface area (Å²) < 4.78 is 12.1. The highest BCUT2D eigenvalue weighted by molar-refractivity contribution is 6.18. The summed E-state index contributed by atoms with van der Waals surface area (Å²) in [6, 6.07) is 0. The van der Waals surface area contributed by atoms with Gasteiger partial charge in [0.05, 0.1) is 18.6 Å². The van der Waals surface area contributed by atoms with Crippen molar-refractivity contribution in [1.82, 2.24) is 0 Å². The van der Waals surface area contributed by atoms with E-state index in [4.69, 9.17) is 21.1 Å². The Morgan fingerprint density at radius 2 is 2.12 bits per heavy atom. The summed E-state index contributed by atoms with van der Waals surface area (Å²) in [5.74, 6) is 2.28. The van der Waals surface area contributed by atoms with Gasteiger partial charge in [-0.2, -0.15) is 0 Å². The Balaban J connectivity index is 1.83. The lowest BCUT2D eigenvalue weighted by atomic mass is 9.67. The smallest absolute Gasteiger partial charge is 0.172 e. The number of rotatable bonds is 1. The van der Waals surface area contributed by atoms with Crippen LogP contribution in [0.3, 0.4) is 0 Å². The molecule has 5 atom stereocenters. The van der Waals surface area contributed by atoms with Gasteiger partial charge in [-0.25, -0.2) is 0 Å². The molecule has 0 aromatic rings. The normalized spacial score (nSPS) is 54.0. The van der Waals surface area contributed by atoms with Crippen molar-refractivity contribution in [2.75, 3.05) is 12.5 Å². The second-order valence-corrected chi connectivity index (χ2v) is 6.68. The Morgan fingerprint density at radius 1 is 1.38 bits per heavy atom. The maximum absolute atomic E-state index is 6.10. The molecule has 0 unspecified atom stereocenters. The number of hydrogen-bond acceptors (Lipinski definition) is 2. The molecule has 0 radical (unpaired) electrons. The van der Waals surface area contributed by atoms with E-state index in [2.05, 4.69) is 20.8 Å². The van der Waals surface area contributed by atoms with Gasteiger partial charge in [0.25, 0.3) is 0 Å². The fourth-order valence-corrected chi connectivity index (χ4v) is 4.22. The van der Waals surface area contributed by atoms with Gasteiger partial charge in [0.2, 0.25) is 0 Å². The Kier molecular flexibility index (Phi) is 2.38. The predicted octanol–water partition coefficient (Wildman–Crippen LogP) is 3.04. The molecule has 0 aromatic heterocycles. The highest BCUT2D eigenvalue weighted by Crippen LogP contribution is 2.65. The van der Waals surface area contributed by atoms with Crippen LogP contribution in [0.5, 0.6) is 0 Å². The Labute approximate surface area is 103 Å². The third-order valence-electron chi connectivity index (χ3n) is 5.52. The second kappa shape index (κ2) is 3.37. The zero-order chi connectivity index (χ0) is 11.6. The van der Waals surface area contributed by atoms with Gasteiger partial charge in [0.1, 0.15) is 0 Å². The summed E-state index contributed by atoms with van der Waals surface area (Å²) in [7, 11) is 0. The van der Waals surface area contributed by atoms with Crippen LogP contribution in [0.15, 0.2) is 0 Å². The molecule has 3 heteroatoms. The van der Waals surface area contributed by atoms with Crippen molar-refractivity contribution >= 4 is 11.6 Å². The third-order valence-corrected chi connectivity index (χ3v) is 5.86. The zero-order valence-corrected chi connectivity index (χ0v) is 11.1. The monoisotopic (exact) mass is 244 g/mol. The topological polar surface area (TPSA) is 18.5 Å². The van der Waals surface area contributed by atoms with Crippen molar-refractivity contribution in [3.63, 3.8) is 0 Å². The molecule has 92 valence electrons. The van der Waals surface area contributed by atoms with Gasteiger partial charge < -0.3 is 9.47 Å². The van der Waals surface area contributed by atoms with E-state index < -0.39 is 0 Å². The van der Waals surface area contributed by atoms with Gasteiger partial charge >= 0.3 is 0 Å². The highest BCUT2D eigenvalue weighted by atomic mass is 35.5. The van der Waals surface area contributed by atoms with Crippen LogP contribution in [0.4, 0.5) is 0 Å². The molecule has 2 nitrogen and oxygen atoms in total. The Hall–Kier alpha value is 0.210. The lowest BCUT2D eigenvalue weighted by Crippen LogP contribution is -2.46. The van der Waals surface area contributed by atoms with E-state index in [1.54, 1.807) is 0 Å². The average molecular weight is 245 g/mol. The lowest BCUT2D eigenvalue weighted by molar-refractivity contribution is -0.221. The van der Waals surface area contributed by atoms with Crippen LogP contribution in [0.25, 0.3) is 0 Å². The van der Waals surface area contributed by atoms with Gasteiger partial charge in [-0.05, 0) is 23.7 Å². The number of fused-ring (bicyclic) bond motifs is 3. The lowest BCUT2D eigenvalue weighted by Gasteiger charge is -2.44.